The first-order valence-electron chi connectivity index (χ1n) is 6.26. The van der Waals surface area contributed by atoms with Crippen LogP contribution in [0, 0.1) is 13.8 Å². The van der Waals surface area contributed by atoms with Crippen LogP contribution in [0.2, 0.25) is 0 Å². The van der Waals surface area contributed by atoms with Crippen LogP contribution in [0.5, 0.6) is 0 Å². The lowest BCUT2D eigenvalue weighted by atomic mass is 10.1. The first kappa shape index (κ1) is 11.7. The fraction of sp³-hybridized carbons (Fsp3) is 0.118. The molecule has 0 saturated heterocycles. The van der Waals surface area contributed by atoms with E-state index in [1.54, 1.807) is 12.1 Å². The number of carbonyl (C=O) groups is 1. The lowest BCUT2D eigenvalue weighted by Gasteiger charge is -1.96. The van der Waals surface area contributed by atoms with Gasteiger partial charge < -0.3 is 4.42 Å². The van der Waals surface area contributed by atoms with Gasteiger partial charge in [0.05, 0.1) is 0 Å². The number of fused-ring (bicyclic) bond motifs is 1. The van der Waals surface area contributed by atoms with Crippen molar-refractivity contribution < 1.29 is 9.21 Å². The third-order valence-corrected chi connectivity index (χ3v) is 3.25. The SMILES string of the molecule is Cc1cc(C)c2cc(C(=O)c3ccccc3)oc2c1. The van der Waals surface area contributed by atoms with Crippen LogP contribution in [-0.4, -0.2) is 5.78 Å². The Kier molecular flexibility index (Phi) is 2.71. The van der Waals surface area contributed by atoms with Crippen molar-refractivity contribution >= 4 is 16.8 Å². The van der Waals surface area contributed by atoms with E-state index in [0.717, 1.165) is 22.1 Å². The van der Waals surface area contributed by atoms with Crippen LogP contribution in [0.25, 0.3) is 11.0 Å². The van der Waals surface area contributed by atoms with Crippen LogP contribution >= 0.6 is 0 Å². The molecule has 2 nitrogen and oxygen atoms in total. The standard InChI is InChI=1S/C17H14O2/c1-11-8-12(2)14-10-16(19-15(14)9-11)17(18)13-6-4-3-5-7-13/h3-10H,1-2H3. The molecule has 2 aromatic carbocycles. The predicted molar refractivity (Wildman–Crippen MR) is 75.6 cm³/mol. The molecule has 0 amide bonds. The van der Waals surface area contributed by atoms with Crippen LogP contribution in [0.4, 0.5) is 0 Å². The summed E-state index contributed by atoms with van der Waals surface area (Å²) in [4.78, 5) is 12.3. The van der Waals surface area contributed by atoms with Gasteiger partial charge in [-0.25, -0.2) is 0 Å². The first-order valence-corrected chi connectivity index (χ1v) is 6.26. The van der Waals surface area contributed by atoms with Gasteiger partial charge in [0.2, 0.25) is 5.78 Å². The highest BCUT2D eigenvalue weighted by atomic mass is 16.3. The maximum absolute atomic E-state index is 12.3. The minimum Gasteiger partial charge on any atom is -0.453 e. The minimum absolute atomic E-state index is 0.0751. The molecule has 0 N–H and O–H groups in total. The Balaban J connectivity index is 2.12. The fourth-order valence-corrected chi connectivity index (χ4v) is 2.33. The number of carbonyl (C=O) groups excluding carboxylic acids is 1. The monoisotopic (exact) mass is 250 g/mol. The molecule has 0 atom stereocenters. The van der Waals surface area contributed by atoms with E-state index >= 15 is 0 Å². The van der Waals surface area contributed by atoms with E-state index in [9.17, 15) is 4.79 Å². The van der Waals surface area contributed by atoms with Gasteiger partial charge in [-0.15, -0.1) is 0 Å². The number of hydrogen-bond donors (Lipinski definition) is 0. The van der Waals surface area contributed by atoms with Crippen molar-refractivity contribution in [2.24, 2.45) is 0 Å². The third kappa shape index (κ3) is 2.06. The number of rotatable bonds is 2. The second-order valence-electron chi connectivity index (χ2n) is 4.80. The Morgan fingerprint density at radius 2 is 1.74 bits per heavy atom. The lowest BCUT2D eigenvalue weighted by Crippen LogP contribution is -1.98. The lowest BCUT2D eigenvalue weighted by molar-refractivity contribution is 0.101. The van der Waals surface area contributed by atoms with Crippen LogP contribution in [-0.2, 0) is 0 Å². The molecule has 1 aromatic heterocycles. The van der Waals surface area contributed by atoms with Crippen molar-refractivity contribution in [3.8, 4) is 0 Å². The average Bonchev–Trinajstić information content (AvgIpc) is 2.83. The second-order valence-corrected chi connectivity index (χ2v) is 4.80. The van der Waals surface area contributed by atoms with Crippen molar-refractivity contribution in [3.05, 3.63) is 71.0 Å². The topological polar surface area (TPSA) is 30.2 Å². The summed E-state index contributed by atoms with van der Waals surface area (Å²) in [5, 5.41) is 1.00. The molecule has 19 heavy (non-hydrogen) atoms. The Hall–Kier alpha value is -2.35. The van der Waals surface area contributed by atoms with E-state index in [0.29, 0.717) is 11.3 Å². The summed E-state index contributed by atoms with van der Waals surface area (Å²) in [7, 11) is 0. The quantitative estimate of drug-likeness (QED) is 0.635. The van der Waals surface area contributed by atoms with Gasteiger partial charge in [-0.05, 0) is 37.1 Å². The minimum atomic E-state index is -0.0751. The normalized spacial score (nSPS) is 10.8. The molecule has 0 saturated carbocycles. The first-order chi connectivity index (χ1) is 9.15. The summed E-state index contributed by atoms with van der Waals surface area (Å²) in [6.07, 6.45) is 0. The average molecular weight is 250 g/mol. The molecule has 3 rings (SSSR count). The van der Waals surface area contributed by atoms with Crippen molar-refractivity contribution in [2.75, 3.05) is 0 Å². The van der Waals surface area contributed by atoms with Gasteiger partial charge in [-0.2, -0.15) is 0 Å². The van der Waals surface area contributed by atoms with E-state index in [2.05, 4.69) is 6.07 Å². The molecule has 0 aliphatic heterocycles. The summed E-state index contributed by atoms with van der Waals surface area (Å²) in [5.41, 5.74) is 3.69. The van der Waals surface area contributed by atoms with Crippen molar-refractivity contribution in [2.45, 2.75) is 13.8 Å². The van der Waals surface area contributed by atoms with Crippen molar-refractivity contribution in [3.63, 3.8) is 0 Å². The van der Waals surface area contributed by atoms with Crippen LogP contribution in [0.3, 0.4) is 0 Å². The zero-order chi connectivity index (χ0) is 13.4. The Labute approximate surface area is 111 Å². The van der Waals surface area contributed by atoms with Gasteiger partial charge in [0.15, 0.2) is 5.76 Å². The van der Waals surface area contributed by atoms with E-state index in [1.165, 1.54) is 0 Å². The number of ketones is 1. The summed E-state index contributed by atoms with van der Waals surface area (Å²) < 4.78 is 5.70. The van der Waals surface area contributed by atoms with Crippen LogP contribution in [0.15, 0.2) is 52.9 Å². The van der Waals surface area contributed by atoms with Crippen molar-refractivity contribution in [1.29, 1.82) is 0 Å². The largest absolute Gasteiger partial charge is 0.453 e. The third-order valence-electron chi connectivity index (χ3n) is 3.25. The second kappa shape index (κ2) is 4.39. The number of benzene rings is 2. The number of hydrogen-bond acceptors (Lipinski definition) is 2. The smallest absolute Gasteiger partial charge is 0.228 e. The van der Waals surface area contributed by atoms with Crippen LogP contribution in [0.1, 0.15) is 27.2 Å². The molecule has 0 bridgehead atoms. The van der Waals surface area contributed by atoms with E-state index in [-0.39, 0.29) is 5.78 Å². The Bertz CT molecular complexity index is 752. The number of furan rings is 1. The van der Waals surface area contributed by atoms with Gasteiger partial charge in [0.1, 0.15) is 5.58 Å². The summed E-state index contributed by atoms with van der Waals surface area (Å²) in [5.74, 6) is 0.323. The highest BCUT2D eigenvalue weighted by molar-refractivity contribution is 6.09. The summed E-state index contributed by atoms with van der Waals surface area (Å²) >= 11 is 0. The molecule has 2 heteroatoms. The predicted octanol–water partition coefficient (Wildman–Crippen LogP) is 4.28. The molecule has 3 aromatic rings. The van der Waals surface area contributed by atoms with Gasteiger partial charge in [-0.1, -0.05) is 36.4 Å². The molecule has 0 spiro atoms. The van der Waals surface area contributed by atoms with E-state index in [1.807, 2.05) is 44.2 Å². The molecule has 0 radical (unpaired) electrons. The summed E-state index contributed by atoms with van der Waals surface area (Å²) in [6, 6.07) is 15.1. The Morgan fingerprint density at radius 1 is 1.00 bits per heavy atom. The van der Waals surface area contributed by atoms with Gasteiger partial charge in [0, 0.05) is 10.9 Å². The van der Waals surface area contributed by atoms with Gasteiger partial charge >= 0.3 is 0 Å². The molecular weight excluding hydrogens is 236 g/mol. The molecule has 94 valence electrons. The van der Waals surface area contributed by atoms with Gasteiger partial charge in [0.25, 0.3) is 0 Å². The summed E-state index contributed by atoms with van der Waals surface area (Å²) in [6.45, 7) is 4.05. The zero-order valence-corrected chi connectivity index (χ0v) is 10.9. The number of aryl methyl sites for hydroxylation is 2. The maximum atomic E-state index is 12.3. The molecule has 0 fully saturated rings. The van der Waals surface area contributed by atoms with Crippen molar-refractivity contribution in [1.82, 2.24) is 0 Å². The zero-order valence-electron chi connectivity index (χ0n) is 10.9. The maximum Gasteiger partial charge on any atom is 0.228 e. The molecule has 0 unspecified atom stereocenters. The van der Waals surface area contributed by atoms with E-state index in [4.69, 9.17) is 4.42 Å². The Morgan fingerprint density at radius 3 is 2.47 bits per heavy atom. The van der Waals surface area contributed by atoms with Crippen LogP contribution < -0.4 is 0 Å². The van der Waals surface area contributed by atoms with Gasteiger partial charge in [-0.3, -0.25) is 4.79 Å². The molecule has 0 aliphatic carbocycles. The molecule has 1 heterocycles. The highest BCUT2D eigenvalue weighted by Crippen LogP contribution is 2.25. The molecular formula is C17H14O2. The fourth-order valence-electron chi connectivity index (χ4n) is 2.33. The molecule has 0 aliphatic rings. The van der Waals surface area contributed by atoms with E-state index < -0.39 is 0 Å². The highest BCUT2D eigenvalue weighted by Gasteiger charge is 2.15.